The van der Waals surface area contributed by atoms with Crippen LogP contribution < -0.4 is 5.32 Å². The van der Waals surface area contributed by atoms with Crippen molar-refractivity contribution in [3.05, 3.63) is 89.5 Å². The molecule has 1 fully saturated rings. The molecule has 0 bridgehead atoms. The van der Waals surface area contributed by atoms with E-state index in [9.17, 15) is 9.59 Å². The van der Waals surface area contributed by atoms with Gasteiger partial charge in [0.2, 0.25) is 11.8 Å². The molecule has 1 aliphatic rings. The van der Waals surface area contributed by atoms with Gasteiger partial charge in [0.05, 0.1) is 0 Å². The fourth-order valence-electron chi connectivity index (χ4n) is 4.93. The van der Waals surface area contributed by atoms with Crippen molar-refractivity contribution in [1.29, 1.82) is 0 Å². The summed E-state index contributed by atoms with van der Waals surface area (Å²) in [5, 5.41) is 3.08. The van der Waals surface area contributed by atoms with E-state index in [0.717, 1.165) is 29.5 Å². The maximum Gasteiger partial charge on any atom is 0.253 e. The molecule has 0 saturated carbocycles. The summed E-state index contributed by atoms with van der Waals surface area (Å²) < 4.78 is 5.94. The maximum atomic E-state index is 13.2. The Kier molecular flexibility index (Phi) is 6.85. The van der Waals surface area contributed by atoms with Crippen LogP contribution in [-0.4, -0.2) is 34.8 Å². The van der Waals surface area contributed by atoms with E-state index in [-0.39, 0.29) is 23.7 Å². The van der Waals surface area contributed by atoms with Crippen LogP contribution in [0.1, 0.15) is 41.3 Å². The molecule has 1 N–H and O–H groups in total. The molecule has 6 nitrogen and oxygen atoms in total. The number of rotatable bonds is 6. The number of carbonyl (C=O) groups is 2. The average Bonchev–Trinajstić information content (AvgIpc) is 3.35. The van der Waals surface area contributed by atoms with Crippen molar-refractivity contribution in [2.45, 2.75) is 33.2 Å². The Bertz CT molecular complexity index is 1370. The quantitative estimate of drug-likeness (QED) is 0.389. The summed E-state index contributed by atoms with van der Waals surface area (Å²) in [5.74, 6) is 0.785. The number of nitrogens with one attached hydrogen (secondary N) is 1. The number of likely N-dealkylation sites (tertiary alicyclic amines) is 1. The first-order valence-electron chi connectivity index (χ1n) is 12.6. The number of aromatic nitrogens is 1. The second-order valence-electron chi connectivity index (χ2n) is 9.69. The largest absolute Gasteiger partial charge is 0.436 e. The fraction of sp³-hybridized carbons (Fsp3) is 0.300. The van der Waals surface area contributed by atoms with Crippen molar-refractivity contribution < 1.29 is 14.0 Å². The third-order valence-electron chi connectivity index (χ3n) is 7.15. The average molecular weight is 482 g/mol. The van der Waals surface area contributed by atoms with E-state index in [1.807, 2.05) is 66.4 Å². The molecule has 36 heavy (non-hydrogen) atoms. The lowest BCUT2D eigenvalue weighted by atomic mass is 9.84. The number of benzene rings is 3. The number of aryl methyl sites for hydroxylation is 1. The van der Waals surface area contributed by atoms with Gasteiger partial charge in [0.1, 0.15) is 5.52 Å². The standard InChI is InChI=1S/C30H31N3O3/c1-20-7-6-8-22(17-20)19-31-28(34)21(2)23-13-15-33(16-14-23)30(35)25-11-12-26-27(18-25)36-29(32-26)24-9-4-3-5-10-24/h3-12,17-18,21,23H,13-16,19H2,1-2H3,(H,31,34). The topological polar surface area (TPSA) is 75.4 Å². The summed E-state index contributed by atoms with van der Waals surface area (Å²) in [6.07, 6.45) is 1.63. The van der Waals surface area contributed by atoms with E-state index < -0.39 is 0 Å². The lowest BCUT2D eigenvalue weighted by Gasteiger charge is -2.34. The van der Waals surface area contributed by atoms with Gasteiger partial charge in [0.25, 0.3) is 5.91 Å². The summed E-state index contributed by atoms with van der Waals surface area (Å²) >= 11 is 0. The predicted molar refractivity (Wildman–Crippen MR) is 140 cm³/mol. The van der Waals surface area contributed by atoms with Gasteiger partial charge in [-0.1, -0.05) is 55.0 Å². The van der Waals surface area contributed by atoms with Crippen LogP contribution in [0, 0.1) is 18.8 Å². The van der Waals surface area contributed by atoms with Crippen molar-refractivity contribution in [3.8, 4) is 11.5 Å². The van der Waals surface area contributed by atoms with E-state index in [1.54, 1.807) is 6.07 Å². The first-order valence-corrected chi connectivity index (χ1v) is 12.6. The third-order valence-corrected chi connectivity index (χ3v) is 7.15. The molecule has 1 atom stereocenters. The number of oxazole rings is 1. The van der Waals surface area contributed by atoms with Gasteiger partial charge in [-0.25, -0.2) is 4.98 Å². The van der Waals surface area contributed by atoms with Crippen LogP contribution >= 0.6 is 0 Å². The number of nitrogens with zero attached hydrogens (tertiary/aromatic N) is 2. The van der Waals surface area contributed by atoms with Crippen molar-refractivity contribution in [1.82, 2.24) is 15.2 Å². The highest BCUT2D eigenvalue weighted by atomic mass is 16.3. The molecule has 1 unspecified atom stereocenters. The number of piperidine rings is 1. The maximum absolute atomic E-state index is 13.2. The second-order valence-corrected chi connectivity index (χ2v) is 9.69. The smallest absolute Gasteiger partial charge is 0.253 e. The molecule has 184 valence electrons. The summed E-state index contributed by atoms with van der Waals surface area (Å²) in [7, 11) is 0. The lowest BCUT2D eigenvalue weighted by Crippen LogP contribution is -2.42. The zero-order chi connectivity index (χ0) is 25.1. The number of hydrogen-bond acceptors (Lipinski definition) is 4. The van der Waals surface area contributed by atoms with E-state index in [2.05, 4.69) is 29.4 Å². The van der Waals surface area contributed by atoms with Crippen LogP contribution in [0.25, 0.3) is 22.6 Å². The molecule has 2 heterocycles. The van der Waals surface area contributed by atoms with Crippen molar-refractivity contribution in [3.63, 3.8) is 0 Å². The molecule has 3 aromatic carbocycles. The summed E-state index contributed by atoms with van der Waals surface area (Å²) in [4.78, 5) is 32.4. The van der Waals surface area contributed by atoms with Crippen LogP contribution in [0.3, 0.4) is 0 Å². The summed E-state index contributed by atoms with van der Waals surface area (Å²) in [6, 6.07) is 23.3. The van der Waals surface area contributed by atoms with Gasteiger partial charge in [-0.05, 0) is 61.6 Å². The highest BCUT2D eigenvalue weighted by Gasteiger charge is 2.30. The molecular weight excluding hydrogens is 450 g/mol. The molecule has 6 heteroatoms. The minimum atomic E-state index is -0.0889. The van der Waals surface area contributed by atoms with Crippen LogP contribution in [-0.2, 0) is 11.3 Å². The molecule has 4 aromatic rings. The monoisotopic (exact) mass is 481 g/mol. The first kappa shape index (κ1) is 23.8. The van der Waals surface area contributed by atoms with Crippen molar-refractivity contribution >= 4 is 22.9 Å². The van der Waals surface area contributed by atoms with E-state index in [4.69, 9.17) is 4.42 Å². The number of hydrogen-bond donors (Lipinski definition) is 1. The summed E-state index contributed by atoms with van der Waals surface area (Å²) in [6.45, 7) is 5.87. The zero-order valence-corrected chi connectivity index (χ0v) is 20.7. The number of amides is 2. The van der Waals surface area contributed by atoms with Crippen molar-refractivity contribution in [2.24, 2.45) is 11.8 Å². The SMILES string of the molecule is Cc1cccc(CNC(=O)C(C)C2CCN(C(=O)c3ccc4nc(-c5ccccc5)oc4c3)CC2)c1. The van der Waals surface area contributed by atoms with Crippen LogP contribution in [0.15, 0.2) is 77.2 Å². The molecule has 0 radical (unpaired) electrons. The van der Waals surface area contributed by atoms with Gasteiger partial charge in [0.15, 0.2) is 5.58 Å². The van der Waals surface area contributed by atoms with Gasteiger partial charge in [-0.2, -0.15) is 0 Å². The van der Waals surface area contributed by atoms with E-state index in [1.165, 1.54) is 5.56 Å². The zero-order valence-electron chi connectivity index (χ0n) is 20.7. The Morgan fingerprint density at radius 1 is 1.03 bits per heavy atom. The van der Waals surface area contributed by atoms with Crippen LogP contribution in [0.5, 0.6) is 0 Å². The summed E-state index contributed by atoms with van der Waals surface area (Å²) in [5.41, 5.74) is 5.13. The highest BCUT2D eigenvalue weighted by molar-refractivity contribution is 5.97. The number of carbonyl (C=O) groups excluding carboxylic acids is 2. The molecular formula is C30H31N3O3. The first-order chi connectivity index (χ1) is 17.5. The van der Waals surface area contributed by atoms with Crippen LogP contribution in [0.2, 0.25) is 0 Å². The Morgan fingerprint density at radius 2 is 1.81 bits per heavy atom. The van der Waals surface area contributed by atoms with Gasteiger partial charge in [-0.3, -0.25) is 9.59 Å². The van der Waals surface area contributed by atoms with Gasteiger partial charge in [0, 0.05) is 36.7 Å². The minimum absolute atomic E-state index is 0.00966. The Morgan fingerprint density at radius 3 is 2.56 bits per heavy atom. The predicted octanol–water partition coefficient (Wildman–Crippen LogP) is 5.61. The fourth-order valence-corrected chi connectivity index (χ4v) is 4.93. The molecule has 1 saturated heterocycles. The van der Waals surface area contributed by atoms with Gasteiger partial charge in [-0.15, -0.1) is 0 Å². The second kappa shape index (κ2) is 10.4. The molecule has 0 aliphatic carbocycles. The minimum Gasteiger partial charge on any atom is -0.436 e. The van der Waals surface area contributed by atoms with Gasteiger partial charge >= 0.3 is 0 Å². The normalized spacial score (nSPS) is 15.1. The van der Waals surface area contributed by atoms with Gasteiger partial charge < -0.3 is 14.6 Å². The van der Waals surface area contributed by atoms with Crippen LogP contribution in [0.4, 0.5) is 0 Å². The Balaban J connectivity index is 1.17. The Labute approximate surface area is 211 Å². The lowest BCUT2D eigenvalue weighted by molar-refractivity contribution is -0.126. The molecule has 0 spiro atoms. The molecule has 2 amide bonds. The van der Waals surface area contributed by atoms with Crippen molar-refractivity contribution in [2.75, 3.05) is 13.1 Å². The molecule has 5 rings (SSSR count). The van der Waals surface area contributed by atoms with E-state index in [0.29, 0.717) is 36.7 Å². The Hall–Kier alpha value is -3.93. The number of fused-ring (bicyclic) bond motifs is 1. The molecule has 1 aliphatic heterocycles. The van der Waals surface area contributed by atoms with E-state index >= 15 is 0 Å². The highest BCUT2D eigenvalue weighted by Crippen LogP contribution is 2.28. The third kappa shape index (κ3) is 5.18. The molecule has 1 aromatic heterocycles.